The van der Waals surface area contributed by atoms with Crippen molar-refractivity contribution in [2.24, 2.45) is 0 Å². The van der Waals surface area contributed by atoms with Gasteiger partial charge in [0.1, 0.15) is 0 Å². The second-order valence-corrected chi connectivity index (χ2v) is 7.98. The molecule has 0 bridgehead atoms. The Labute approximate surface area is 171 Å². The minimum absolute atomic E-state index is 0.114. The number of carbonyl (C=O) groups excluding carboxylic acids is 1. The number of hydrogen-bond acceptors (Lipinski definition) is 5. The van der Waals surface area contributed by atoms with Gasteiger partial charge in [0.2, 0.25) is 11.1 Å². The number of thioether (sulfide) groups is 2. The van der Waals surface area contributed by atoms with Gasteiger partial charge >= 0.3 is 11.3 Å². The highest BCUT2D eigenvalue weighted by atomic mass is 32.2. The normalized spacial score (nSPS) is 15.1. The number of fused-ring (bicyclic) bond motifs is 3. The number of para-hydroxylation sites is 1. The predicted molar refractivity (Wildman–Crippen MR) is 112 cm³/mol. The molecule has 1 aliphatic heterocycles. The van der Waals surface area contributed by atoms with E-state index in [1.54, 1.807) is 21.3 Å². The Balaban J connectivity index is 2.05. The number of H-pyrrole nitrogens is 1. The van der Waals surface area contributed by atoms with Gasteiger partial charge < -0.3 is 0 Å². The number of nitrogens with zero attached hydrogens (tertiary/aromatic N) is 3. The molecule has 0 saturated carbocycles. The first-order valence-corrected chi connectivity index (χ1v) is 11.1. The molecule has 6 nitrogen and oxygen atoms in total. The zero-order valence-electron chi connectivity index (χ0n) is 15.7. The van der Waals surface area contributed by atoms with Crippen LogP contribution in [0.15, 0.2) is 63.4 Å². The van der Waals surface area contributed by atoms with E-state index >= 15 is 0 Å². The zero-order valence-corrected chi connectivity index (χ0v) is 17.3. The van der Waals surface area contributed by atoms with Crippen LogP contribution in [0.4, 0.5) is 5.69 Å². The van der Waals surface area contributed by atoms with E-state index in [4.69, 9.17) is 0 Å². The third kappa shape index (κ3) is 3.02. The number of hydrogen-bond donors (Lipinski definition) is 1. The van der Waals surface area contributed by atoms with E-state index in [1.165, 1.54) is 18.7 Å². The SMILES string of the molecule is CSc1ccc(C2N(C(C)=O)c3ccccc3-c3c(=O)[nH]c(SC)n[n+]32)cc1. The summed E-state index contributed by atoms with van der Waals surface area (Å²) in [6.45, 7) is 1.54. The van der Waals surface area contributed by atoms with E-state index < -0.39 is 6.17 Å². The van der Waals surface area contributed by atoms with Gasteiger partial charge in [-0.1, -0.05) is 23.9 Å². The fraction of sp³-hybridized carbons (Fsp3) is 0.200. The smallest absolute Gasteiger partial charge is 0.291 e. The van der Waals surface area contributed by atoms with Crippen molar-refractivity contribution in [2.45, 2.75) is 23.1 Å². The summed E-state index contributed by atoms with van der Waals surface area (Å²) in [7, 11) is 0. The molecule has 3 aromatic rings. The fourth-order valence-corrected chi connectivity index (χ4v) is 4.25. The molecule has 142 valence electrons. The summed E-state index contributed by atoms with van der Waals surface area (Å²) in [5.74, 6) is -0.114. The maximum Gasteiger partial charge on any atom is 0.325 e. The molecule has 1 N–H and O–H groups in total. The van der Waals surface area contributed by atoms with Gasteiger partial charge in [0, 0.05) is 22.5 Å². The molecule has 1 aliphatic rings. The lowest BCUT2D eigenvalue weighted by molar-refractivity contribution is -0.763. The lowest BCUT2D eigenvalue weighted by Crippen LogP contribution is -2.60. The zero-order chi connectivity index (χ0) is 19.8. The largest absolute Gasteiger partial charge is 0.325 e. The Bertz CT molecular complexity index is 1110. The summed E-state index contributed by atoms with van der Waals surface area (Å²) in [5, 5.41) is 5.15. The van der Waals surface area contributed by atoms with Crippen LogP contribution in [-0.2, 0) is 4.79 Å². The molecule has 0 radical (unpaired) electrons. The highest BCUT2D eigenvalue weighted by molar-refractivity contribution is 7.98. The Morgan fingerprint density at radius 2 is 1.82 bits per heavy atom. The molecule has 0 saturated heterocycles. The fourth-order valence-electron chi connectivity index (χ4n) is 3.48. The second kappa shape index (κ2) is 7.44. The first-order valence-electron chi connectivity index (χ1n) is 8.68. The van der Waals surface area contributed by atoms with Crippen molar-refractivity contribution in [3.8, 4) is 11.3 Å². The monoisotopic (exact) mass is 411 g/mol. The molecule has 1 unspecified atom stereocenters. The van der Waals surface area contributed by atoms with Crippen LogP contribution < -0.4 is 15.1 Å². The average molecular weight is 412 g/mol. The van der Waals surface area contributed by atoms with Crippen molar-refractivity contribution in [1.29, 1.82) is 0 Å². The number of carbonyl (C=O) groups is 1. The van der Waals surface area contributed by atoms with Crippen molar-refractivity contribution >= 4 is 35.1 Å². The van der Waals surface area contributed by atoms with Crippen LogP contribution in [-0.4, -0.2) is 28.5 Å². The standard InChI is InChI=1S/C20H18N4O2S2/c1-12(25)23-16-7-5-4-6-15(16)17-18(26)21-20(28-3)22-24(17)19(23)13-8-10-14(27-2)11-9-13/h4-11,19H,1-3H3/p+1. The Morgan fingerprint density at radius 1 is 1.11 bits per heavy atom. The number of nitrogens with one attached hydrogen (secondary N) is 1. The van der Waals surface area contributed by atoms with Crippen LogP contribution in [0, 0.1) is 0 Å². The van der Waals surface area contributed by atoms with Gasteiger partial charge in [-0.25, -0.2) is 4.90 Å². The van der Waals surface area contributed by atoms with Crippen LogP contribution >= 0.6 is 23.5 Å². The molecule has 1 amide bonds. The van der Waals surface area contributed by atoms with E-state index in [0.29, 0.717) is 22.1 Å². The third-order valence-corrected chi connectivity index (χ3v) is 6.02. The van der Waals surface area contributed by atoms with Crippen LogP contribution in [0.1, 0.15) is 18.7 Å². The number of amides is 1. The van der Waals surface area contributed by atoms with Crippen molar-refractivity contribution in [3.63, 3.8) is 0 Å². The molecule has 8 heteroatoms. The first-order chi connectivity index (χ1) is 13.5. The molecule has 1 aromatic heterocycles. The first kappa shape index (κ1) is 18.8. The van der Waals surface area contributed by atoms with Crippen LogP contribution in [0.2, 0.25) is 0 Å². The Kier molecular flexibility index (Phi) is 4.99. The van der Waals surface area contributed by atoms with Crippen molar-refractivity contribution in [2.75, 3.05) is 17.4 Å². The third-order valence-electron chi connectivity index (χ3n) is 4.70. The van der Waals surface area contributed by atoms with E-state index in [1.807, 2.05) is 61.0 Å². The average Bonchev–Trinajstić information content (AvgIpc) is 2.72. The van der Waals surface area contributed by atoms with E-state index in [0.717, 1.165) is 10.5 Å². The second-order valence-electron chi connectivity index (χ2n) is 6.31. The molecule has 28 heavy (non-hydrogen) atoms. The molecule has 0 fully saturated rings. The molecule has 4 rings (SSSR count). The molecular weight excluding hydrogens is 392 g/mol. The summed E-state index contributed by atoms with van der Waals surface area (Å²) in [4.78, 5) is 31.3. The van der Waals surface area contributed by atoms with Gasteiger partial charge in [-0.05, 0) is 53.6 Å². The number of rotatable bonds is 3. The van der Waals surface area contributed by atoms with Gasteiger partial charge in [0.15, 0.2) is 0 Å². The molecule has 2 aromatic carbocycles. The highest BCUT2D eigenvalue weighted by Gasteiger charge is 2.44. The maximum absolute atomic E-state index is 12.9. The van der Waals surface area contributed by atoms with E-state index in [2.05, 4.69) is 10.1 Å². The predicted octanol–water partition coefficient (Wildman–Crippen LogP) is 3.08. The molecular formula is C20H19N4O2S2+. The van der Waals surface area contributed by atoms with Gasteiger partial charge in [-0.2, -0.15) is 0 Å². The molecule has 0 aliphatic carbocycles. The molecule has 0 spiro atoms. The summed E-state index contributed by atoms with van der Waals surface area (Å²) < 4.78 is 1.67. The van der Waals surface area contributed by atoms with Gasteiger partial charge in [-0.3, -0.25) is 14.6 Å². The van der Waals surface area contributed by atoms with E-state index in [9.17, 15) is 9.59 Å². The van der Waals surface area contributed by atoms with Crippen molar-refractivity contribution in [1.82, 2.24) is 10.1 Å². The number of anilines is 1. The minimum Gasteiger partial charge on any atom is -0.291 e. The molecule has 2 heterocycles. The van der Waals surface area contributed by atoms with E-state index in [-0.39, 0.29) is 11.5 Å². The highest BCUT2D eigenvalue weighted by Crippen LogP contribution is 2.37. The summed E-state index contributed by atoms with van der Waals surface area (Å²) in [5.41, 5.74) is 2.51. The summed E-state index contributed by atoms with van der Waals surface area (Å²) >= 11 is 3.01. The summed E-state index contributed by atoms with van der Waals surface area (Å²) in [6, 6.07) is 15.4. The quantitative estimate of drug-likeness (QED) is 0.530. The lowest BCUT2D eigenvalue weighted by Gasteiger charge is -2.31. The van der Waals surface area contributed by atoms with Crippen molar-refractivity contribution in [3.05, 3.63) is 64.4 Å². The van der Waals surface area contributed by atoms with Gasteiger partial charge in [0.05, 0.1) is 11.3 Å². The topological polar surface area (TPSA) is 69.9 Å². The maximum atomic E-state index is 12.9. The Morgan fingerprint density at radius 3 is 2.46 bits per heavy atom. The molecule has 1 atom stereocenters. The number of benzene rings is 2. The lowest BCUT2D eigenvalue weighted by atomic mass is 10.0. The van der Waals surface area contributed by atoms with Crippen molar-refractivity contribution < 1.29 is 9.48 Å². The van der Waals surface area contributed by atoms with Crippen LogP contribution in [0.3, 0.4) is 0 Å². The minimum atomic E-state index is -0.536. The van der Waals surface area contributed by atoms with Crippen LogP contribution in [0.25, 0.3) is 11.3 Å². The Hall–Kier alpha value is -2.58. The summed E-state index contributed by atoms with van der Waals surface area (Å²) in [6.07, 6.45) is 3.34. The van der Waals surface area contributed by atoms with Crippen LogP contribution in [0.5, 0.6) is 0 Å². The van der Waals surface area contributed by atoms with Gasteiger partial charge in [0.25, 0.3) is 6.17 Å². The number of aromatic nitrogens is 3. The van der Waals surface area contributed by atoms with Gasteiger partial charge in [-0.15, -0.1) is 11.8 Å². The number of aromatic amines is 1.